The lowest BCUT2D eigenvalue weighted by atomic mass is 9.85. The van der Waals surface area contributed by atoms with Gasteiger partial charge in [0, 0.05) is 17.8 Å². The summed E-state index contributed by atoms with van der Waals surface area (Å²) in [6, 6.07) is 4.06. The van der Waals surface area contributed by atoms with E-state index in [1.807, 2.05) is 0 Å². The monoisotopic (exact) mass is 520 g/mol. The van der Waals surface area contributed by atoms with Crippen molar-refractivity contribution in [3.05, 3.63) is 47.7 Å². The van der Waals surface area contributed by atoms with E-state index >= 15 is 4.39 Å². The van der Waals surface area contributed by atoms with Gasteiger partial charge in [-0.3, -0.25) is 19.8 Å². The highest BCUT2D eigenvalue weighted by Crippen LogP contribution is 2.67. The summed E-state index contributed by atoms with van der Waals surface area (Å²) in [5, 5.41) is 13.9. The molecule has 1 unspecified atom stereocenters. The summed E-state index contributed by atoms with van der Waals surface area (Å²) in [6.07, 6.45) is 1.79. The zero-order valence-corrected chi connectivity index (χ0v) is 21.1. The Kier molecular flexibility index (Phi) is 6.66. The number of benzene rings is 1. The topological polar surface area (TPSA) is 158 Å². The van der Waals surface area contributed by atoms with Gasteiger partial charge in [-0.1, -0.05) is 10.5 Å². The summed E-state index contributed by atoms with van der Waals surface area (Å²) in [6.45, 7) is 7.79. The van der Waals surface area contributed by atoms with Crippen molar-refractivity contribution in [1.82, 2.24) is 20.0 Å². The molecular formula is C23H29FN6O5S. The molecule has 194 valence electrons. The van der Waals surface area contributed by atoms with Crippen LogP contribution < -0.4 is 20.1 Å². The van der Waals surface area contributed by atoms with Crippen LogP contribution in [0.15, 0.2) is 35.6 Å². The Morgan fingerprint density at radius 3 is 2.64 bits per heavy atom. The molecule has 0 spiro atoms. The Morgan fingerprint density at radius 2 is 2.00 bits per heavy atom. The predicted molar refractivity (Wildman–Crippen MR) is 134 cm³/mol. The number of amidine groups is 1. The van der Waals surface area contributed by atoms with Crippen LogP contribution >= 0.6 is 10.5 Å². The highest BCUT2D eigenvalue weighted by molar-refractivity contribution is 8.29. The number of carbonyl (C=O) groups excluding carboxylic acids is 1. The first kappa shape index (κ1) is 25.8. The van der Waals surface area contributed by atoms with Crippen molar-refractivity contribution in [1.29, 1.82) is 0 Å². The first-order chi connectivity index (χ1) is 16.9. The summed E-state index contributed by atoms with van der Waals surface area (Å²) in [7, 11) is -2.67. The van der Waals surface area contributed by atoms with Gasteiger partial charge in [0.15, 0.2) is 0 Å². The van der Waals surface area contributed by atoms with E-state index in [-0.39, 0.29) is 28.7 Å². The lowest BCUT2D eigenvalue weighted by molar-refractivity contribution is 0.102. The van der Waals surface area contributed by atoms with Crippen molar-refractivity contribution in [2.24, 2.45) is 4.99 Å². The maximum absolute atomic E-state index is 15.3. The Labute approximate surface area is 209 Å². The smallest absolute Gasteiger partial charge is 0.410 e. The van der Waals surface area contributed by atoms with E-state index in [1.165, 1.54) is 30.6 Å². The number of anilines is 1. The number of nitrogens with zero attached hydrogens (tertiary/aromatic N) is 3. The number of aliphatic imine (C=N–C) groups is 1. The van der Waals surface area contributed by atoms with E-state index in [0.29, 0.717) is 19.6 Å². The van der Waals surface area contributed by atoms with Crippen molar-refractivity contribution in [3.8, 4) is 5.88 Å². The number of hydrogen-bond donors (Lipinski definition) is 5. The van der Waals surface area contributed by atoms with Gasteiger partial charge in [0.2, 0.25) is 5.88 Å². The molecule has 0 bridgehead atoms. The minimum absolute atomic E-state index is 0.0409. The van der Waals surface area contributed by atoms with E-state index in [0.717, 1.165) is 0 Å². The van der Waals surface area contributed by atoms with Crippen LogP contribution in [0.4, 0.5) is 14.9 Å². The second-order valence-corrected chi connectivity index (χ2v) is 12.3. The van der Waals surface area contributed by atoms with Crippen LogP contribution in [0, 0.1) is 5.82 Å². The quantitative estimate of drug-likeness (QED) is 0.401. The van der Waals surface area contributed by atoms with Crippen LogP contribution in [0.1, 0.15) is 50.2 Å². The third kappa shape index (κ3) is 4.27. The van der Waals surface area contributed by atoms with Crippen molar-refractivity contribution < 1.29 is 28.4 Å². The van der Waals surface area contributed by atoms with E-state index in [9.17, 15) is 19.2 Å². The molecule has 1 fully saturated rings. The fourth-order valence-corrected chi connectivity index (χ4v) is 8.10. The first-order valence-electron chi connectivity index (χ1n) is 11.4. The fraction of sp³-hybridized carbons (Fsp3) is 0.435. The molecule has 11 nitrogen and oxygen atoms in total. The minimum atomic E-state index is -2.67. The van der Waals surface area contributed by atoms with E-state index in [4.69, 9.17) is 4.74 Å². The molecule has 2 aliphatic heterocycles. The van der Waals surface area contributed by atoms with Gasteiger partial charge in [-0.05, 0) is 52.3 Å². The number of amides is 2. The number of ether oxygens (including phenoxy) is 1. The van der Waals surface area contributed by atoms with Crippen molar-refractivity contribution in [3.63, 3.8) is 0 Å². The Balaban J connectivity index is 1.72. The minimum Gasteiger partial charge on any atom is -0.477 e. The molecule has 3 atom stereocenters. The Hall–Kier alpha value is -3.29. The van der Waals surface area contributed by atoms with Gasteiger partial charge in [0.05, 0.1) is 29.0 Å². The van der Waals surface area contributed by atoms with Gasteiger partial charge < -0.3 is 19.7 Å². The zero-order valence-electron chi connectivity index (χ0n) is 20.3. The summed E-state index contributed by atoms with van der Waals surface area (Å²) in [4.78, 5) is 37.0. The number of nitrogens with one attached hydrogen (secondary N) is 3. The molecule has 1 aromatic heterocycles. The molecule has 36 heavy (non-hydrogen) atoms. The standard InChI is InChI=1S/C23H29FN6O5S/c1-5-35-18-12-25-16(11-26-18)19(31)28-13-6-7-15(24)14(10-13)23(4)17-8-9-27-36(17,34)22(2,3)20(30-23)29-21(32)33/h6-7,10-12,17,27,34H,5,8-9H2,1-4H3,(H,28,31)(H,29,30)(H,32,33)/t17-,23+/m0/s1. The van der Waals surface area contributed by atoms with Gasteiger partial charge in [0.1, 0.15) is 22.9 Å². The molecule has 0 radical (unpaired) electrons. The number of aromatic nitrogens is 2. The van der Waals surface area contributed by atoms with E-state index < -0.39 is 43.8 Å². The maximum Gasteiger partial charge on any atom is 0.410 e. The van der Waals surface area contributed by atoms with Gasteiger partial charge >= 0.3 is 6.09 Å². The van der Waals surface area contributed by atoms with E-state index in [1.54, 1.807) is 27.7 Å². The number of carbonyl (C=O) groups is 2. The van der Waals surface area contributed by atoms with Crippen molar-refractivity contribution in [2.75, 3.05) is 18.5 Å². The average Bonchev–Trinajstić information content (AvgIpc) is 3.24. The molecule has 2 aromatic rings. The van der Waals surface area contributed by atoms with Crippen LogP contribution in [0.5, 0.6) is 5.88 Å². The molecule has 2 amide bonds. The molecule has 0 aliphatic carbocycles. The number of hydrogen-bond acceptors (Lipinski definition) is 8. The highest BCUT2D eigenvalue weighted by Gasteiger charge is 2.61. The van der Waals surface area contributed by atoms with Gasteiger partial charge in [-0.2, -0.15) is 0 Å². The average molecular weight is 521 g/mol. The molecule has 1 aromatic carbocycles. The van der Waals surface area contributed by atoms with Crippen LogP contribution in [0.2, 0.25) is 0 Å². The van der Waals surface area contributed by atoms with Gasteiger partial charge in [0.25, 0.3) is 5.91 Å². The predicted octanol–water partition coefficient (Wildman–Crippen LogP) is 3.49. The summed E-state index contributed by atoms with van der Waals surface area (Å²) in [5.41, 5.74) is -0.867. The molecule has 4 rings (SSSR count). The van der Waals surface area contributed by atoms with Crippen molar-refractivity contribution >= 4 is 34.0 Å². The first-order valence-corrected chi connectivity index (χ1v) is 13.0. The summed E-state index contributed by atoms with van der Waals surface area (Å²) < 4.78 is 34.4. The molecule has 5 N–H and O–H groups in total. The Morgan fingerprint density at radius 1 is 1.25 bits per heavy atom. The number of rotatable bonds is 5. The van der Waals surface area contributed by atoms with E-state index in [2.05, 4.69) is 30.3 Å². The van der Waals surface area contributed by atoms with Gasteiger partial charge in [-0.15, -0.1) is 0 Å². The molecule has 3 heterocycles. The molecule has 1 saturated heterocycles. The molecule has 2 aliphatic rings. The SMILES string of the molecule is CCOc1cnc(C(=O)Nc2ccc(F)c([C@@]3(C)N=C(NC(=O)O)C(C)(C)S4(O)NCC[C@@H]34)c2)cn1. The van der Waals surface area contributed by atoms with Crippen LogP contribution in [0.3, 0.4) is 0 Å². The second kappa shape index (κ2) is 9.30. The van der Waals surface area contributed by atoms with Crippen molar-refractivity contribution in [2.45, 2.75) is 49.7 Å². The van der Waals surface area contributed by atoms with Crippen LogP contribution in [-0.4, -0.2) is 60.6 Å². The van der Waals surface area contributed by atoms with Crippen LogP contribution in [-0.2, 0) is 5.54 Å². The zero-order chi connectivity index (χ0) is 26.3. The lowest BCUT2D eigenvalue weighted by Crippen LogP contribution is -2.59. The summed E-state index contributed by atoms with van der Waals surface area (Å²) in [5.74, 6) is -0.822. The number of halogens is 1. The largest absolute Gasteiger partial charge is 0.477 e. The maximum atomic E-state index is 15.3. The Bertz CT molecular complexity index is 1230. The third-order valence-electron chi connectivity index (χ3n) is 6.61. The fourth-order valence-electron chi connectivity index (χ4n) is 4.71. The molecule has 0 saturated carbocycles. The number of fused-ring (bicyclic) bond motifs is 1. The highest BCUT2D eigenvalue weighted by atomic mass is 32.3. The molecular weight excluding hydrogens is 491 g/mol. The lowest BCUT2D eigenvalue weighted by Gasteiger charge is -2.56. The summed E-state index contributed by atoms with van der Waals surface area (Å²) >= 11 is 0. The molecule has 13 heteroatoms. The number of carboxylic acid groups (broad SMARTS) is 1. The van der Waals surface area contributed by atoms with Crippen LogP contribution in [0.25, 0.3) is 0 Å². The van der Waals surface area contributed by atoms with Gasteiger partial charge in [-0.25, -0.2) is 19.2 Å². The normalized spacial score (nSPS) is 28.3. The second-order valence-electron chi connectivity index (χ2n) is 9.17. The third-order valence-corrected chi connectivity index (χ3v) is 10.5.